The fourth-order valence-electron chi connectivity index (χ4n) is 5.27. The molecule has 0 N–H and O–H groups in total. The summed E-state index contributed by atoms with van der Waals surface area (Å²) >= 11 is 0. The number of piperidine rings is 1. The molecule has 136 valence electrons. The van der Waals surface area contributed by atoms with Crippen LogP contribution in [0.1, 0.15) is 86.5 Å². The minimum atomic E-state index is 0.524. The Hall–Kier alpha value is -0.0400. The van der Waals surface area contributed by atoms with Gasteiger partial charge in [0.05, 0.1) is 0 Å². The van der Waals surface area contributed by atoms with Crippen LogP contribution in [0.15, 0.2) is 0 Å². The number of hydrogen-bond donors (Lipinski definition) is 0. The number of nitrogens with zero attached hydrogens (tertiary/aromatic N) is 1. The van der Waals surface area contributed by atoms with Crippen LogP contribution >= 0.6 is 0 Å². The lowest BCUT2D eigenvalue weighted by molar-refractivity contribution is 0.0977. The van der Waals surface area contributed by atoms with Crippen LogP contribution in [0.2, 0.25) is 0 Å². The van der Waals surface area contributed by atoms with Crippen molar-refractivity contribution in [3.63, 3.8) is 0 Å². The fourth-order valence-corrected chi connectivity index (χ4v) is 5.27. The number of likely N-dealkylation sites (tertiary alicyclic amines) is 1. The summed E-state index contributed by atoms with van der Waals surface area (Å²) in [5.74, 6) is 4.74. The molecular formula is C22H43N. The van der Waals surface area contributed by atoms with Crippen molar-refractivity contribution >= 4 is 0 Å². The molecule has 0 aromatic rings. The molecule has 2 rings (SSSR count). The lowest BCUT2D eigenvalue weighted by Gasteiger charge is -2.40. The summed E-state index contributed by atoms with van der Waals surface area (Å²) in [6.07, 6.45) is 10.2. The van der Waals surface area contributed by atoms with Gasteiger partial charge in [-0.25, -0.2) is 0 Å². The summed E-state index contributed by atoms with van der Waals surface area (Å²) in [6, 6.07) is 0. The quantitative estimate of drug-likeness (QED) is 0.580. The molecule has 3 atom stereocenters. The molecule has 1 saturated heterocycles. The Kier molecular flexibility index (Phi) is 7.01. The van der Waals surface area contributed by atoms with Crippen LogP contribution in [-0.4, -0.2) is 24.5 Å². The molecule has 2 aliphatic rings. The lowest BCUT2D eigenvalue weighted by Crippen LogP contribution is -2.41. The van der Waals surface area contributed by atoms with Gasteiger partial charge in [0.25, 0.3) is 0 Å². The van der Waals surface area contributed by atoms with E-state index in [1.54, 1.807) is 0 Å². The highest BCUT2D eigenvalue weighted by atomic mass is 15.1. The second kappa shape index (κ2) is 8.37. The monoisotopic (exact) mass is 321 g/mol. The zero-order chi connectivity index (χ0) is 17.0. The van der Waals surface area contributed by atoms with E-state index in [4.69, 9.17) is 0 Å². The predicted octanol–water partition coefficient (Wildman–Crippen LogP) is 6.23. The average Bonchev–Trinajstić information content (AvgIpc) is 2.48. The van der Waals surface area contributed by atoms with Gasteiger partial charge in [-0.05, 0) is 67.2 Å². The molecular weight excluding hydrogens is 278 g/mol. The van der Waals surface area contributed by atoms with E-state index in [9.17, 15) is 0 Å². The van der Waals surface area contributed by atoms with Crippen molar-refractivity contribution in [3.8, 4) is 0 Å². The van der Waals surface area contributed by atoms with Gasteiger partial charge in [0, 0.05) is 13.1 Å². The molecule has 23 heavy (non-hydrogen) atoms. The first-order valence-corrected chi connectivity index (χ1v) is 10.5. The maximum atomic E-state index is 2.78. The Morgan fingerprint density at radius 3 is 2.26 bits per heavy atom. The van der Waals surface area contributed by atoms with E-state index >= 15 is 0 Å². The molecule has 1 aliphatic heterocycles. The summed E-state index contributed by atoms with van der Waals surface area (Å²) in [7, 11) is 0. The van der Waals surface area contributed by atoms with Crippen molar-refractivity contribution in [1.82, 2.24) is 4.90 Å². The largest absolute Gasteiger partial charge is 0.303 e. The molecule has 1 saturated carbocycles. The molecule has 1 nitrogen and oxygen atoms in total. The van der Waals surface area contributed by atoms with Gasteiger partial charge in [0.1, 0.15) is 0 Å². The summed E-state index contributed by atoms with van der Waals surface area (Å²) < 4.78 is 0. The minimum Gasteiger partial charge on any atom is -0.303 e. The molecule has 0 amide bonds. The number of hydrogen-bond acceptors (Lipinski definition) is 1. The highest BCUT2D eigenvalue weighted by Crippen LogP contribution is 2.41. The third kappa shape index (κ3) is 5.76. The third-order valence-corrected chi connectivity index (χ3v) is 7.10. The van der Waals surface area contributed by atoms with E-state index < -0.39 is 0 Å². The molecule has 3 unspecified atom stereocenters. The van der Waals surface area contributed by atoms with Gasteiger partial charge in [-0.2, -0.15) is 0 Å². The normalized spacial score (nSPS) is 35.2. The number of rotatable bonds is 5. The van der Waals surface area contributed by atoms with Crippen LogP contribution in [0, 0.1) is 35.0 Å². The van der Waals surface area contributed by atoms with Crippen molar-refractivity contribution < 1.29 is 0 Å². The van der Waals surface area contributed by atoms with Gasteiger partial charge in [-0.3, -0.25) is 0 Å². The van der Waals surface area contributed by atoms with Crippen molar-refractivity contribution in [2.75, 3.05) is 19.6 Å². The molecule has 1 heterocycles. The van der Waals surface area contributed by atoms with Crippen LogP contribution in [-0.2, 0) is 0 Å². The first-order chi connectivity index (χ1) is 10.8. The average molecular weight is 322 g/mol. The zero-order valence-corrected chi connectivity index (χ0v) is 16.9. The Balaban J connectivity index is 1.70. The van der Waals surface area contributed by atoms with Crippen LogP contribution in [0.3, 0.4) is 0 Å². The van der Waals surface area contributed by atoms with Crippen LogP contribution < -0.4 is 0 Å². The molecule has 1 aliphatic carbocycles. The Bertz CT molecular complexity index is 334. The maximum Gasteiger partial charge on any atom is 0.00122 e. The second-order valence-electron chi connectivity index (χ2n) is 10.1. The van der Waals surface area contributed by atoms with Crippen molar-refractivity contribution in [3.05, 3.63) is 0 Å². The summed E-state index contributed by atoms with van der Waals surface area (Å²) in [5, 5.41) is 0. The van der Waals surface area contributed by atoms with E-state index in [0.29, 0.717) is 5.41 Å². The van der Waals surface area contributed by atoms with Crippen LogP contribution in [0.5, 0.6) is 0 Å². The minimum absolute atomic E-state index is 0.524. The maximum absolute atomic E-state index is 2.78. The van der Waals surface area contributed by atoms with Crippen molar-refractivity contribution in [1.29, 1.82) is 0 Å². The fraction of sp³-hybridized carbons (Fsp3) is 1.00. The van der Waals surface area contributed by atoms with E-state index in [-0.39, 0.29) is 0 Å². The van der Waals surface area contributed by atoms with Gasteiger partial charge >= 0.3 is 0 Å². The molecule has 0 radical (unpaired) electrons. The standard InChI is InChI=1S/C22H43N/c1-7-20-16-23(13-12-18(20)3)15-17(2)14-19-8-10-21(11-9-19)22(4,5)6/h17-21H,7-16H2,1-6H3. The Labute approximate surface area is 146 Å². The molecule has 2 fully saturated rings. The molecule has 0 spiro atoms. The van der Waals surface area contributed by atoms with E-state index in [1.165, 1.54) is 64.6 Å². The second-order valence-corrected chi connectivity index (χ2v) is 10.1. The lowest BCUT2D eigenvalue weighted by atomic mass is 9.68. The Morgan fingerprint density at radius 1 is 1.04 bits per heavy atom. The van der Waals surface area contributed by atoms with Crippen molar-refractivity contribution in [2.45, 2.75) is 86.5 Å². The third-order valence-electron chi connectivity index (χ3n) is 7.10. The first-order valence-electron chi connectivity index (χ1n) is 10.5. The molecule has 0 aromatic heterocycles. The van der Waals surface area contributed by atoms with Crippen LogP contribution in [0.25, 0.3) is 0 Å². The predicted molar refractivity (Wildman–Crippen MR) is 103 cm³/mol. The highest BCUT2D eigenvalue weighted by Gasteiger charge is 2.31. The molecule has 0 bridgehead atoms. The zero-order valence-electron chi connectivity index (χ0n) is 16.9. The van der Waals surface area contributed by atoms with E-state index in [1.807, 2.05) is 0 Å². The smallest absolute Gasteiger partial charge is 0.00122 e. The van der Waals surface area contributed by atoms with E-state index in [2.05, 4.69) is 46.4 Å². The van der Waals surface area contributed by atoms with Gasteiger partial charge < -0.3 is 4.90 Å². The Morgan fingerprint density at radius 2 is 1.70 bits per heavy atom. The molecule has 1 heteroatoms. The topological polar surface area (TPSA) is 3.24 Å². The summed E-state index contributed by atoms with van der Waals surface area (Å²) in [6.45, 7) is 18.7. The summed E-state index contributed by atoms with van der Waals surface area (Å²) in [5.41, 5.74) is 0.524. The first kappa shape index (κ1) is 19.3. The molecule has 0 aromatic carbocycles. The van der Waals surface area contributed by atoms with Gasteiger partial charge in [0.2, 0.25) is 0 Å². The highest BCUT2D eigenvalue weighted by molar-refractivity contribution is 4.82. The van der Waals surface area contributed by atoms with Crippen molar-refractivity contribution in [2.24, 2.45) is 35.0 Å². The van der Waals surface area contributed by atoms with Gasteiger partial charge in [-0.1, -0.05) is 60.8 Å². The SMILES string of the molecule is CCC1CN(CC(C)CC2CCC(C(C)(C)C)CC2)CCC1C. The van der Waals surface area contributed by atoms with Gasteiger partial charge in [0.15, 0.2) is 0 Å². The summed E-state index contributed by atoms with van der Waals surface area (Å²) in [4.78, 5) is 2.78. The van der Waals surface area contributed by atoms with E-state index in [0.717, 1.165) is 29.6 Å². The van der Waals surface area contributed by atoms with Crippen LogP contribution in [0.4, 0.5) is 0 Å². The van der Waals surface area contributed by atoms with Gasteiger partial charge in [-0.15, -0.1) is 0 Å².